The molecule has 1 aromatic carbocycles. The third-order valence-electron chi connectivity index (χ3n) is 2.02. The first-order valence-corrected chi connectivity index (χ1v) is 5.09. The van der Waals surface area contributed by atoms with Gasteiger partial charge in [-0.15, -0.1) is 0 Å². The van der Waals surface area contributed by atoms with Gasteiger partial charge in [0, 0.05) is 17.0 Å². The molecule has 1 aromatic rings. The van der Waals surface area contributed by atoms with E-state index in [0.29, 0.717) is 5.56 Å². The van der Waals surface area contributed by atoms with Crippen LogP contribution in [0.1, 0.15) is 17.9 Å². The molecule has 0 amide bonds. The van der Waals surface area contributed by atoms with Crippen molar-refractivity contribution in [2.75, 3.05) is 6.61 Å². The molecular weight excluding hydrogens is 254 g/mol. The van der Waals surface area contributed by atoms with Crippen molar-refractivity contribution in [2.24, 2.45) is 0 Å². The van der Waals surface area contributed by atoms with E-state index in [2.05, 4.69) is 15.9 Å². The Kier molecular flexibility index (Phi) is 4.48. The number of alkyl halides is 2. The van der Waals surface area contributed by atoms with Crippen molar-refractivity contribution in [2.45, 2.75) is 18.8 Å². The zero-order chi connectivity index (χ0) is 10.6. The van der Waals surface area contributed by atoms with E-state index in [1.54, 1.807) is 24.3 Å². The third-order valence-corrected chi connectivity index (χ3v) is 2.51. The van der Waals surface area contributed by atoms with E-state index >= 15 is 0 Å². The molecule has 0 heterocycles. The van der Waals surface area contributed by atoms with E-state index in [9.17, 15) is 8.78 Å². The third kappa shape index (κ3) is 3.03. The fourth-order valence-electron chi connectivity index (χ4n) is 1.31. The minimum Gasteiger partial charge on any atom is -0.396 e. The van der Waals surface area contributed by atoms with Crippen molar-refractivity contribution in [3.05, 3.63) is 34.3 Å². The van der Waals surface area contributed by atoms with Gasteiger partial charge in [0.05, 0.1) is 0 Å². The lowest BCUT2D eigenvalue weighted by atomic mass is 9.97. The number of aliphatic hydroxyl groups is 1. The van der Waals surface area contributed by atoms with E-state index in [4.69, 9.17) is 5.11 Å². The zero-order valence-corrected chi connectivity index (χ0v) is 9.05. The molecule has 1 rings (SSSR count). The highest BCUT2D eigenvalue weighted by atomic mass is 79.9. The van der Waals surface area contributed by atoms with Gasteiger partial charge in [-0.25, -0.2) is 8.78 Å². The molecule has 14 heavy (non-hydrogen) atoms. The first kappa shape index (κ1) is 11.6. The lowest BCUT2D eigenvalue weighted by molar-refractivity contribution is 0.0988. The van der Waals surface area contributed by atoms with Crippen LogP contribution in [0.2, 0.25) is 0 Å². The van der Waals surface area contributed by atoms with E-state index in [1.807, 2.05) is 0 Å². The molecule has 1 N–H and O–H groups in total. The number of hydrogen-bond donors (Lipinski definition) is 1. The monoisotopic (exact) mass is 264 g/mol. The highest BCUT2D eigenvalue weighted by Gasteiger charge is 2.21. The van der Waals surface area contributed by atoms with Crippen LogP contribution in [0.4, 0.5) is 8.78 Å². The normalized spacial score (nSPS) is 13.2. The predicted molar refractivity (Wildman–Crippen MR) is 54.6 cm³/mol. The van der Waals surface area contributed by atoms with Crippen molar-refractivity contribution in [1.82, 2.24) is 0 Å². The van der Waals surface area contributed by atoms with Gasteiger partial charge in [0.2, 0.25) is 6.43 Å². The van der Waals surface area contributed by atoms with Crippen molar-refractivity contribution in [3.63, 3.8) is 0 Å². The van der Waals surface area contributed by atoms with Crippen LogP contribution >= 0.6 is 15.9 Å². The molecule has 1 nitrogen and oxygen atoms in total. The van der Waals surface area contributed by atoms with E-state index in [1.165, 1.54) is 0 Å². The second-order valence-corrected chi connectivity index (χ2v) is 3.92. The molecule has 1 atom stereocenters. The molecule has 78 valence electrons. The average Bonchev–Trinajstić information content (AvgIpc) is 2.13. The van der Waals surface area contributed by atoms with Gasteiger partial charge >= 0.3 is 0 Å². The van der Waals surface area contributed by atoms with E-state index < -0.39 is 12.3 Å². The molecule has 0 fully saturated rings. The van der Waals surface area contributed by atoms with Crippen LogP contribution in [-0.4, -0.2) is 18.1 Å². The van der Waals surface area contributed by atoms with Gasteiger partial charge in [-0.2, -0.15) is 0 Å². The Balaban J connectivity index is 2.87. The Morgan fingerprint density at radius 3 is 2.57 bits per heavy atom. The van der Waals surface area contributed by atoms with Gasteiger partial charge in [0.1, 0.15) is 0 Å². The summed E-state index contributed by atoms with van der Waals surface area (Å²) in [5, 5.41) is 8.67. The molecule has 0 saturated heterocycles. The highest BCUT2D eigenvalue weighted by Crippen LogP contribution is 2.28. The number of halogens is 3. The van der Waals surface area contributed by atoms with Crippen LogP contribution in [0.15, 0.2) is 28.7 Å². The largest absolute Gasteiger partial charge is 0.396 e. The quantitative estimate of drug-likeness (QED) is 0.886. The average molecular weight is 265 g/mol. The van der Waals surface area contributed by atoms with Crippen LogP contribution in [0, 0.1) is 0 Å². The zero-order valence-electron chi connectivity index (χ0n) is 7.46. The molecule has 1 unspecified atom stereocenters. The van der Waals surface area contributed by atoms with Crippen molar-refractivity contribution in [1.29, 1.82) is 0 Å². The maximum atomic E-state index is 12.6. The fourth-order valence-corrected chi connectivity index (χ4v) is 1.73. The van der Waals surface area contributed by atoms with Crippen LogP contribution in [0.3, 0.4) is 0 Å². The molecule has 0 aliphatic rings. The summed E-state index contributed by atoms with van der Waals surface area (Å²) < 4.78 is 25.9. The molecule has 0 saturated carbocycles. The summed E-state index contributed by atoms with van der Waals surface area (Å²) in [6.45, 7) is -0.221. The Morgan fingerprint density at radius 2 is 2.07 bits per heavy atom. The number of hydrogen-bond acceptors (Lipinski definition) is 1. The van der Waals surface area contributed by atoms with Gasteiger partial charge in [-0.1, -0.05) is 28.1 Å². The van der Waals surface area contributed by atoms with E-state index in [-0.39, 0.29) is 13.0 Å². The van der Waals surface area contributed by atoms with Gasteiger partial charge < -0.3 is 5.11 Å². The van der Waals surface area contributed by atoms with Crippen LogP contribution in [-0.2, 0) is 0 Å². The van der Waals surface area contributed by atoms with E-state index in [0.717, 1.165) is 4.47 Å². The first-order valence-electron chi connectivity index (χ1n) is 4.29. The van der Waals surface area contributed by atoms with Crippen LogP contribution in [0.5, 0.6) is 0 Å². The number of rotatable bonds is 4. The van der Waals surface area contributed by atoms with Gasteiger partial charge in [-0.3, -0.25) is 0 Å². The molecule has 0 aromatic heterocycles. The van der Waals surface area contributed by atoms with Crippen molar-refractivity contribution >= 4 is 15.9 Å². The summed E-state index contributed by atoms with van der Waals surface area (Å²) in [5.74, 6) is -0.877. The molecule has 0 bridgehead atoms. The SMILES string of the molecule is OCCC(c1cccc(Br)c1)C(F)F. The maximum absolute atomic E-state index is 12.6. The van der Waals surface area contributed by atoms with Crippen LogP contribution in [0.25, 0.3) is 0 Å². The van der Waals surface area contributed by atoms with Gasteiger partial charge in [0.25, 0.3) is 0 Å². The summed E-state index contributed by atoms with van der Waals surface area (Å²) in [5.41, 5.74) is 0.559. The molecule has 0 radical (unpaired) electrons. The second kappa shape index (κ2) is 5.41. The minimum absolute atomic E-state index is 0.0914. The summed E-state index contributed by atoms with van der Waals surface area (Å²) in [6, 6.07) is 6.81. The highest BCUT2D eigenvalue weighted by molar-refractivity contribution is 9.10. The summed E-state index contributed by atoms with van der Waals surface area (Å²) in [7, 11) is 0. The number of aliphatic hydroxyl groups excluding tert-OH is 1. The Bertz CT molecular complexity index is 291. The molecule has 0 aliphatic heterocycles. The Hall–Kier alpha value is -0.480. The predicted octanol–water partition coefficient (Wildman–Crippen LogP) is 3.18. The van der Waals surface area contributed by atoms with Gasteiger partial charge in [0.15, 0.2) is 0 Å². The minimum atomic E-state index is -2.43. The Labute approximate surface area is 89.9 Å². The topological polar surface area (TPSA) is 20.2 Å². The lowest BCUT2D eigenvalue weighted by Crippen LogP contribution is -2.10. The smallest absolute Gasteiger partial charge is 0.245 e. The van der Waals surface area contributed by atoms with Crippen molar-refractivity contribution in [3.8, 4) is 0 Å². The first-order chi connectivity index (χ1) is 6.65. The Morgan fingerprint density at radius 1 is 1.36 bits per heavy atom. The van der Waals surface area contributed by atoms with Crippen LogP contribution < -0.4 is 0 Å². The summed E-state index contributed by atoms with van der Waals surface area (Å²) >= 11 is 3.22. The van der Waals surface area contributed by atoms with Gasteiger partial charge in [-0.05, 0) is 24.1 Å². The second-order valence-electron chi connectivity index (χ2n) is 3.01. The molecule has 0 spiro atoms. The summed E-state index contributed by atoms with van der Waals surface area (Å²) in [4.78, 5) is 0. The molecule has 4 heteroatoms. The molecular formula is C10H11BrF2O. The van der Waals surface area contributed by atoms with Crippen molar-refractivity contribution < 1.29 is 13.9 Å². The molecule has 0 aliphatic carbocycles. The summed E-state index contributed by atoms with van der Waals surface area (Å²) in [6.07, 6.45) is -2.34. The lowest BCUT2D eigenvalue weighted by Gasteiger charge is -2.15. The number of benzene rings is 1. The standard InChI is InChI=1S/C10H11BrF2O/c11-8-3-1-2-7(6-8)9(4-5-14)10(12)13/h1-3,6,9-10,14H,4-5H2. The maximum Gasteiger partial charge on any atom is 0.245 e. The fraction of sp³-hybridized carbons (Fsp3) is 0.400.